The van der Waals surface area contributed by atoms with E-state index in [9.17, 15) is 0 Å². The molecule has 0 unspecified atom stereocenters. The van der Waals surface area contributed by atoms with Crippen LogP contribution >= 0.6 is 23.2 Å². The number of hydrogen-bond donors (Lipinski definition) is 1. The van der Waals surface area contributed by atoms with Crippen molar-refractivity contribution >= 4 is 23.2 Å². The lowest BCUT2D eigenvalue weighted by Crippen LogP contribution is -2.24. The smallest absolute Gasteiger partial charge is 0.0721 e. The SMILES string of the molecule is N[C@@H]1COCc2ccc(Cl)c(Cl)c21. The number of fused-ring (bicyclic) bond motifs is 1. The van der Waals surface area contributed by atoms with E-state index in [1.807, 2.05) is 6.07 Å². The van der Waals surface area contributed by atoms with E-state index < -0.39 is 0 Å². The summed E-state index contributed by atoms with van der Waals surface area (Å²) < 4.78 is 5.28. The van der Waals surface area contributed by atoms with Gasteiger partial charge in [-0.25, -0.2) is 0 Å². The van der Waals surface area contributed by atoms with Crippen molar-refractivity contribution in [2.24, 2.45) is 5.73 Å². The Morgan fingerprint density at radius 2 is 2.15 bits per heavy atom. The molecule has 0 saturated carbocycles. The third-order valence-electron chi connectivity index (χ3n) is 2.15. The average molecular weight is 218 g/mol. The summed E-state index contributed by atoms with van der Waals surface area (Å²) in [5, 5.41) is 1.12. The van der Waals surface area contributed by atoms with E-state index in [0.717, 1.165) is 11.1 Å². The fourth-order valence-electron chi connectivity index (χ4n) is 1.51. The molecule has 70 valence electrons. The lowest BCUT2D eigenvalue weighted by atomic mass is 10.00. The van der Waals surface area contributed by atoms with Crippen LogP contribution in [0.15, 0.2) is 12.1 Å². The van der Waals surface area contributed by atoms with Crippen LogP contribution in [0.25, 0.3) is 0 Å². The topological polar surface area (TPSA) is 35.2 Å². The maximum Gasteiger partial charge on any atom is 0.0721 e. The standard InChI is InChI=1S/C9H9Cl2NO/c10-6-2-1-5-3-13-4-7(12)8(5)9(6)11/h1-2,7H,3-4,12H2/t7-/m1/s1. The Morgan fingerprint density at radius 1 is 1.38 bits per heavy atom. The Kier molecular flexibility index (Phi) is 2.47. The number of hydrogen-bond acceptors (Lipinski definition) is 2. The largest absolute Gasteiger partial charge is 0.375 e. The first-order valence-corrected chi connectivity index (χ1v) is 4.76. The zero-order valence-corrected chi connectivity index (χ0v) is 8.40. The van der Waals surface area contributed by atoms with Crippen LogP contribution in [0.5, 0.6) is 0 Å². The Balaban J connectivity index is 2.58. The molecule has 0 spiro atoms. The monoisotopic (exact) mass is 217 g/mol. The van der Waals surface area contributed by atoms with Gasteiger partial charge in [-0.1, -0.05) is 29.3 Å². The van der Waals surface area contributed by atoms with Gasteiger partial charge in [0.15, 0.2) is 0 Å². The number of rotatable bonds is 0. The number of nitrogens with two attached hydrogens (primary N) is 1. The van der Waals surface area contributed by atoms with E-state index in [0.29, 0.717) is 23.3 Å². The molecule has 0 saturated heterocycles. The van der Waals surface area contributed by atoms with Crippen LogP contribution < -0.4 is 5.73 Å². The summed E-state index contributed by atoms with van der Waals surface area (Å²) in [6.07, 6.45) is 0. The summed E-state index contributed by atoms with van der Waals surface area (Å²) >= 11 is 11.9. The highest BCUT2D eigenvalue weighted by Crippen LogP contribution is 2.34. The molecule has 0 fully saturated rings. The highest BCUT2D eigenvalue weighted by atomic mass is 35.5. The van der Waals surface area contributed by atoms with E-state index in [1.165, 1.54) is 0 Å². The van der Waals surface area contributed by atoms with Gasteiger partial charge >= 0.3 is 0 Å². The molecule has 1 atom stereocenters. The van der Waals surface area contributed by atoms with E-state index in [-0.39, 0.29) is 6.04 Å². The average Bonchev–Trinajstić information content (AvgIpc) is 2.12. The second-order valence-corrected chi connectivity index (χ2v) is 3.84. The molecule has 1 aliphatic heterocycles. The molecule has 1 aliphatic rings. The Labute approximate surface area is 86.6 Å². The first kappa shape index (κ1) is 9.28. The third kappa shape index (κ3) is 1.55. The minimum atomic E-state index is -0.157. The predicted octanol–water partition coefficient (Wildman–Crippen LogP) is 2.52. The quantitative estimate of drug-likeness (QED) is 0.726. The van der Waals surface area contributed by atoms with Crippen molar-refractivity contribution in [2.75, 3.05) is 6.61 Å². The molecule has 1 aromatic rings. The molecule has 4 heteroatoms. The van der Waals surface area contributed by atoms with Crippen LogP contribution in [0, 0.1) is 0 Å². The highest BCUT2D eigenvalue weighted by molar-refractivity contribution is 6.42. The van der Waals surface area contributed by atoms with Crippen LogP contribution in [0.1, 0.15) is 17.2 Å². The van der Waals surface area contributed by atoms with Gasteiger partial charge < -0.3 is 10.5 Å². The minimum Gasteiger partial charge on any atom is -0.375 e. The molecule has 13 heavy (non-hydrogen) atoms. The van der Waals surface area contributed by atoms with Gasteiger partial charge in [0.2, 0.25) is 0 Å². The van der Waals surface area contributed by atoms with Crippen LogP contribution in [-0.2, 0) is 11.3 Å². The molecule has 2 rings (SSSR count). The van der Waals surface area contributed by atoms with Gasteiger partial charge in [-0.05, 0) is 17.2 Å². The van der Waals surface area contributed by atoms with Gasteiger partial charge in [-0.3, -0.25) is 0 Å². The van der Waals surface area contributed by atoms with Crippen LogP contribution in [0.4, 0.5) is 0 Å². The van der Waals surface area contributed by atoms with Crippen LogP contribution in [0.2, 0.25) is 10.0 Å². The highest BCUT2D eigenvalue weighted by Gasteiger charge is 2.21. The van der Waals surface area contributed by atoms with Crippen molar-refractivity contribution in [3.8, 4) is 0 Å². The maximum absolute atomic E-state index is 6.04. The lowest BCUT2D eigenvalue weighted by Gasteiger charge is -2.23. The van der Waals surface area contributed by atoms with Crippen molar-refractivity contribution in [1.82, 2.24) is 0 Å². The molecule has 2 N–H and O–H groups in total. The summed E-state index contributed by atoms with van der Waals surface area (Å²) in [6, 6.07) is 3.52. The van der Waals surface area contributed by atoms with E-state index in [4.69, 9.17) is 33.7 Å². The summed E-state index contributed by atoms with van der Waals surface area (Å²) in [4.78, 5) is 0. The maximum atomic E-state index is 6.04. The normalized spacial score (nSPS) is 21.3. The summed E-state index contributed by atoms with van der Waals surface area (Å²) in [7, 11) is 0. The van der Waals surface area contributed by atoms with Gasteiger partial charge in [0.25, 0.3) is 0 Å². The van der Waals surface area contributed by atoms with Gasteiger partial charge in [-0.15, -0.1) is 0 Å². The number of benzene rings is 1. The molecule has 0 aliphatic carbocycles. The minimum absolute atomic E-state index is 0.157. The lowest BCUT2D eigenvalue weighted by molar-refractivity contribution is 0.0924. The first-order valence-electron chi connectivity index (χ1n) is 4.00. The molecule has 1 heterocycles. The first-order chi connectivity index (χ1) is 6.20. The van der Waals surface area contributed by atoms with Crippen molar-refractivity contribution in [3.05, 3.63) is 33.3 Å². The van der Waals surface area contributed by atoms with Crippen molar-refractivity contribution < 1.29 is 4.74 Å². The van der Waals surface area contributed by atoms with E-state index in [2.05, 4.69) is 0 Å². The van der Waals surface area contributed by atoms with Crippen molar-refractivity contribution in [1.29, 1.82) is 0 Å². The Morgan fingerprint density at radius 3 is 2.92 bits per heavy atom. The third-order valence-corrected chi connectivity index (χ3v) is 2.97. The molecule has 0 amide bonds. The van der Waals surface area contributed by atoms with Gasteiger partial charge in [0.1, 0.15) is 0 Å². The number of ether oxygens (including phenoxy) is 1. The van der Waals surface area contributed by atoms with Crippen molar-refractivity contribution in [2.45, 2.75) is 12.6 Å². The molecular formula is C9H9Cl2NO. The fourth-order valence-corrected chi connectivity index (χ4v) is 2.00. The molecule has 1 aromatic carbocycles. The Bertz CT molecular complexity index is 341. The molecular weight excluding hydrogens is 209 g/mol. The zero-order valence-electron chi connectivity index (χ0n) is 6.89. The van der Waals surface area contributed by atoms with Crippen molar-refractivity contribution in [3.63, 3.8) is 0 Å². The van der Waals surface area contributed by atoms with Gasteiger partial charge in [0.05, 0.1) is 29.3 Å². The molecule has 0 radical (unpaired) electrons. The Hall–Kier alpha value is -0.280. The van der Waals surface area contributed by atoms with E-state index >= 15 is 0 Å². The van der Waals surface area contributed by atoms with Gasteiger partial charge in [-0.2, -0.15) is 0 Å². The van der Waals surface area contributed by atoms with Gasteiger partial charge in [0, 0.05) is 0 Å². The zero-order chi connectivity index (χ0) is 9.42. The van der Waals surface area contributed by atoms with Crippen LogP contribution in [-0.4, -0.2) is 6.61 Å². The summed E-state index contributed by atoms with van der Waals surface area (Å²) in [6.45, 7) is 1.08. The second-order valence-electron chi connectivity index (χ2n) is 3.06. The van der Waals surface area contributed by atoms with Crippen LogP contribution in [0.3, 0.4) is 0 Å². The predicted molar refractivity (Wildman–Crippen MR) is 53.0 cm³/mol. The molecule has 0 aromatic heterocycles. The number of halogens is 2. The second kappa shape index (κ2) is 3.46. The molecule has 0 bridgehead atoms. The fraction of sp³-hybridized carbons (Fsp3) is 0.333. The summed E-state index contributed by atoms with van der Waals surface area (Å²) in [5.41, 5.74) is 7.81. The molecule has 2 nitrogen and oxygen atoms in total. The summed E-state index contributed by atoms with van der Waals surface area (Å²) in [5.74, 6) is 0. The van der Waals surface area contributed by atoms with E-state index in [1.54, 1.807) is 6.07 Å².